The van der Waals surface area contributed by atoms with Crippen molar-refractivity contribution in [2.75, 3.05) is 6.61 Å². The Kier molecular flexibility index (Phi) is 13.2. The van der Waals surface area contributed by atoms with E-state index in [0.717, 1.165) is 16.7 Å². The molecule has 3 aromatic carbocycles. The Morgan fingerprint density at radius 3 is 1.80 bits per heavy atom. The highest BCUT2D eigenvalue weighted by Gasteiger charge is 2.27. The van der Waals surface area contributed by atoms with E-state index < -0.39 is 35.8 Å². The van der Waals surface area contributed by atoms with E-state index in [2.05, 4.69) is 5.32 Å². The van der Waals surface area contributed by atoms with Crippen molar-refractivity contribution in [3.8, 4) is 0 Å². The standard InChI is InChI=1S/C32H36N2O7/c33-28(18-27(19-35)21-39-20-24-10-4-1-5-11-24)31(37)34-29(32(38)41-23-26-14-8-3-9-15-26)16-17-30(36)40-22-25-12-6-2-7-13-25/h1-15,19,27-29H,16-18,20-23,33H2,(H,34,37). The number of esters is 2. The van der Waals surface area contributed by atoms with Gasteiger partial charge >= 0.3 is 11.9 Å². The topological polar surface area (TPSA) is 134 Å². The maximum Gasteiger partial charge on any atom is 0.328 e. The minimum absolute atomic E-state index is 0.00250. The first kappa shape index (κ1) is 31.2. The fourth-order valence-corrected chi connectivity index (χ4v) is 3.93. The maximum absolute atomic E-state index is 12.9. The van der Waals surface area contributed by atoms with Crippen molar-refractivity contribution in [2.45, 2.75) is 51.2 Å². The number of carbonyl (C=O) groups is 4. The first-order chi connectivity index (χ1) is 19.9. The molecule has 9 heteroatoms. The van der Waals surface area contributed by atoms with Crippen LogP contribution in [0.25, 0.3) is 0 Å². The average molecular weight is 561 g/mol. The number of nitrogens with two attached hydrogens (primary N) is 1. The summed E-state index contributed by atoms with van der Waals surface area (Å²) in [6.45, 7) is 0.513. The van der Waals surface area contributed by atoms with Gasteiger partial charge in [0.05, 0.1) is 19.3 Å². The van der Waals surface area contributed by atoms with Gasteiger partial charge in [-0.2, -0.15) is 0 Å². The van der Waals surface area contributed by atoms with Crippen LogP contribution in [0.4, 0.5) is 0 Å². The van der Waals surface area contributed by atoms with Gasteiger partial charge in [0.25, 0.3) is 0 Å². The van der Waals surface area contributed by atoms with Crippen LogP contribution >= 0.6 is 0 Å². The Morgan fingerprint density at radius 1 is 0.756 bits per heavy atom. The van der Waals surface area contributed by atoms with Crippen molar-refractivity contribution in [1.29, 1.82) is 0 Å². The van der Waals surface area contributed by atoms with Crippen molar-refractivity contribution >= 4 is 24.1 Å². The van der Waals surface area contributed by atoms with Gasteiger partial charge in [-0.1, -0.05) is 91.0 Å². The predicted molar refractivity (Wildman–Crippen MR) is 152 cm³/mol. The molecule has 0 spiro atoms. The second-order valence-corrected chi connectivity index (χ2v) is 9.58. The van der Waals surface area contributed by atoms with Gasteiger partial charge in [0, 0.05) is 12.3 Å². The maximum atomic E-state index is 12.9. The molecule has 0 fully saturated rings. The number of rotatable bonds is 17. The molecule has 216 valence electrons. The highest BCUT2D eigenvalue weighted by atomic mass is 16.5. The highest BCUT2D eigenvalue weighted by molar-refractivity contribution is 5.88. The molecule has 9 nitrogen and oxygen atoms in total. The summed E-state index contributed by atoms with van der Waals surface area (Å²) in [7, 11) is 0. The molecular weight excluding hydrogens is 524 g/mol. The van der Waals surface area contributed by atoms with Crippen LogP contribution in [0.2, 0.25) is 0 Å². The van der Waals surface area contributed by atoms with E-state index >= 15 is 0 Å². The predicted octanol–water partition coefficient (Wildman–Crippen LogP) is 3.49. The monoisotopic (exact) mass is 560 g/mol. The normalized spacial score (nSPS) is 12.9. The van der Waals surface area contributed by atoms with Crippen LogP contribution in [0.3, 0.4) is 0 Å². The summed E-state index contributed by atoms with van der Waals surface area (Å²) in [5, 5.41) is 2.59. The average Bonchev–Trinajstić information content (AvgIpc) is 3.01. The van der Waals surface area contributed by atoms with Gasteiger partial charge in [0.1, 0.15) is 25.5 Å². The van der Waals surface area contributed by atoms with Crippen LogP contribution in [-0.4, -0.2) is 42.8 Å². The Morgan fingerprint density at radius 2 is 1.27 bits per heavy atom. The molecule has 3 rings (SSSR count). The molecule has 0 aromatic heterocycles. The van der Waals surface area contributed by atoms with Gasteiger partial charge in [-0.3, -0.25) is 9.59 Å². The molecular formula is C32H36N2O7. The summed E-state index contributed by atoms with van der Waals surface area (Å²) < 4.78 is 16.3. The van der Waals surface area contributed by atoms with Gasteiger partial charge in [-0.05, 0) is 29.5 Å². The van der Waals surface area contributed by atoms with E-state index in [0.29, 0.717) is 12.9 Å². The fourth-order valence-electron chi connectivity index (χ4n) is 3.93. The van der Waals surface area contributed by atoms with Crippen LogP contribution in [0.5, 0.6) is 0 Å². The molecule has 0 aliphatic carbocycles. The number of benzene rings is 3. The molecule has 41 heavy (non-hydrogen) atoms. The van der Waals surface area contributed by atoms with E-state index in [1.807, 2.05) is 78.9 Å². The molecule has 0 bridgehead atoms. The first-order valence-corrected chi connectivity index (χ1v) is 13.5. The number of hydrogen-bond acceptors (Lipinski definition) is 8. The van der Waals surface area contributed by atoms with Crippen LogP contribution in [0.1, 0.15) is 36.0 Å². The minimum atomic E-state index is -1.13. The van der Waals surface area contributed by atoms with Crippen molar-refractivity contribution in [2.24, 2.45) is 11.7 Å². The Labute approximate surface area is 240 Å². The largest absolute Gasteiger partial charge is 0.461 e. The minimum Gasteiger partial charge on any atom is -0.461 e. The quantitative estimate of drug-likeness (QED) is 0.189. The van der Waals surface area contributed by atoms with Gasteiger partial charge in [-0.15, -0.1) is 0 Å². The highest BCUT2D eigenvalue weighted by Crippen LogP contribution is 2.11. The summed E-state index contributed by atoms with van der Waals surface area (Å²) in [5.74, 6) is -2.48. The molecule has 3 N–H and O–H groups in total. The smallest absolute Gasteiger partial charge is 0.328 e. The number of aldehydes is 1. The third-order valence-corrected chi connectivity index (χ3v) is 6.23. The van der Waals surface area contributed by atoms with Crippen molar-refractivity contribution in [1.82, 2.24) is 5.32 Å². The molecule has 0 aliphatic heterocycles. The van der Waals surface area contributed by atoms with Crippen LogP contribution in [0, 0.1) is 5.92 Å². The fraction of sp³-hybridized carbons (Fsp3) is 0.312. The summed E-state index contributed by atoms with van der Waals surface area (Å²) in [6.07, 6.45) is 0.552. The molecule has 3 unspecified atom stereocenters. The number of ether oxygens (including phenoxy) is 3. The lowest BCUT2D eigenvalue weighted by molar-refractivity contribution is -0.150. The Balaban J connectivity index is 1.53. The zero-order valence-corrected chi connectivity index (χ0v) is 22.9. The molecule has 0 aliphatic rings. The summed E-state index contributed by atoms with van der Waals surface area (Å²) in [4.78, 5) is 49.8. The molecule has 0 saturated heterocycles. The zero-order chi connectivity index (χ0) is 29.3. The zero-order valence-electron chi connectivity index (χ0n) is 22.9. The summed E-state index contributed by atoms with van der Waals surface area (Å²) in [5.41, 5.74) is 8.65. The van der Waals surface area contributed by atoms with Gasteiger partial charge in [0.15, 0.2) is 0 Å². The molecule has 3 aromatic rings. The molecule has 0 heterocycles. The number of nitrogens with one attached hydrogen (secondary N) is 1. The van der Waals surface area contributed by atoms with E-state index in [9.17, 15) is 19.2 Å². The van der Waals surface area contributed by atoms with Crippen molar-refractivity contribution in [3.63, 3.8) is 0 Å². The van der Waals surface area contributed by atoms with Crippen LogP contribution < -0.4 is 11.1 Å². The van der Waals surface area contributed by atoms with Crippen molar-refractivity contribution in [3.05, 3.63) is 108 Å². The lowest BCUT2D eigenvalue weighted by Crippen LogP contribution is -2.49. The van der Waals surface area contributed by atoms with Crippen LogP contribution in [0.15, 0.2) is 91.0 Å². The molecule has 1 amide bonds. The van der Waals surface area contributed by atoms with Crippen LogP contribution in [-0.2, 0) is 53.2 Å². The van der Waals surface area contributed by atoms with Gasteiger partial charge < -0.3 is 30.1 Å². The summed E-state index contributed by atoms with van der Waals surface area (Å²) in [6, 6.07) is 25.6. The first-order valence-electron chi connectivity index (χ1n) is 13.5. The molecule has 3 atom stereocenters. The second kappa shape index (κ2) is 17.4. The number of carbonyl (C=O) groups excluding carboxylic acids is 4. The van der Waals surface area contributed by atoms with E-state index in [-0.39, 0.29) is 39.1 Å². The lowest BCUT2D eigenvalue weighted by atomic mass is 10.0. The second-order valence-electron chi connectivity index (χ2n) is 9.58. The van der Waals surface area contributed by atoms with Crippen molar-refractivity contribution < 1.29 is 33.4 Å². The third kappa shape index (κ3) is 11.7. The van der Waals surface area contributed by atoms with Gasteiger partial charge in [0.2, 0.25) is 5.91 Å². The SMILES string of the molecule is NC(CC(C=O)COCc1ccccc1)C(=O)NC(CCC(=O)OCc1ccccc1)C(=O)OCc1ccccc1. The van der Waals surface area contributed by atoms with E-state index in [1.165, 1.54) is 0 Å². The van der Waals surface area contributed by atoms with E-state index in [1.54, 1.807) is 12.1 Å². The lowest BCUT2D eigenvalue weighted by Gasteiger charge is -2.21. The molecule has 0 saturated carbocycles. The Bertz CT molecular complexity index is 1220. The summed E-state index contributed by atoms with van der Waals surface area (Å²) >= 11 is 0. The Hall–Kier alpha value is -4.34. The third-order valence-electron chi connectivity index (χ3n) is 6.23. The van der Waals surface area contributed by atoms with Gasteiger partial charge in [-0.25, -0.2) is 4.79 Å². The van der Waals surface area contributed by atoms with E-state index in [4.69, 9.17) is 19.9 Å². The molecule has 0 radical (unpaired) electrons. The number of amides is 1. The number of hydrogen-bond donors (Lipinski definition) is 2.